The van der Waals surface area contributed by atoms with E-state index in [0.29, 0.717) is 6.54 Å². The van der Waals surface area contributed by atoms with Gasteiger partial charge < -0.3 is 10.2 Å². The third-order valence-corrected chi connectivity index (χ3v) is 2.89. The second kappa shape index (κ2) is 4.96. The highest BCUT2D eigenvalue weighted by Crippen LogP contribution is 2.17. The lowest BCUT2D eigenvalue weighted by Crippen LogP contribution is -2.41. The van der Waals surface area contributed by atoms with Crippen LogP contribution in [0.5, 0.6) is 0 Å². The molecule has 0 aromatic carbocycles. The van der Waals surface area contributed by atoms with Gasteiger partial charge in [-0.3, -0.25) is 10.1 Å². The number of aromatic amines is 1. The molecule has 2 heterocycles. The number of nitrogens with zero attached hydrogens (tertiary/aromatic N) is 4. The Labute approximate surface area is 108 Å². The quantitative estimate of drug-likeness (QED) is 0.817. The number of rotatable bonds is 2. The normalized spacial score (nSPS) is 16.7. The van der Waals surface area contributed by atoms with Crippen molar-refractivity contribution >= 4 is 5.96 Å². The zero-order valence-corrected chi connectivity index (χ0v) is 11.6. The molecule has 0 saturated carbocycles. The lowest BCUT2D eigenvalue weighted by molar-refractivity contribution is 0.445. The number of H-pyrrole nitrogens is 1. The van der Waals surface area contributed by atoms with Crippen LogP contribution in [0.25, 0.3) is 0 Å². The van der Waals surface area contributed by atoms with Crippen LogP contribution in [0.15, 0.2) is 4.99 Å². The van der Waals surface area contributed by atoms with Crippen LogP contribution in [0.3, 0.4) is 0 Å². The molecule has 1 aromatic rings. The highest BCUT2D eigenvalue weighted by molar-refractivity contribution is 5.80. The summed E-state index contributed by atoms with van der Waals surface area (Å²) in [5.41, 5.74) is -0.0199. The van der Waals surface area contributed by atoms with Gasteiger partial charge in [0.15, 0.2) is 11.8 Å². The van der Waals surface area contributed by atoms with E-state index < -0.39 is 0 Å². The van der Waals surface area contributed by atoms with Gasteiger partial charge in [0.25, 0.3) is 0 Å². The Balaban J connectivity index is 1.94. The van der Waals surface area contributed by atoms with Gasteiger partial charge in [-0.25, -0.2) is 4.98 Å². The molecule has 6 nitrogen and oxygen atoms in total. The van der Waals surface area contributed by atoms with Crippen molar-refractivity contribution in [2.45, 2.75) is 39.2 Å². The molecule has 2 N–H and O–H groups in total. The van der Waals surface area contributed by atoms with Crippen LogP contribution in [0.4, 0.5) is 0 Å². The Kier molecular flexibility index (Phi) is 3.54. The van der Waals surface area contributed by atoms with E-state index in [4.69, 9.17) is 0 Å². The summed E-state index contributed by atoms with van der Waals surface area (Å²) < 4.78 is 0. The van der Waals surface area contributed by atoms with Crippen molar-refractivity contribution in [2.75, 3.05) is 20.1 Å². The first-order chi connectivity index (χ1) is 8.47. The van der Waals surface area contributed by atoms with Crippen LogP contribution < -0.4 is 5.32 Å². The van der Waals surface area contributed by atoms with Crippen LogP contribution in [0.1, 0.15) is 38.8 Å². The Hall–Kier alpha value is -1.59. The molecular weight excluding hydrogens is 228 g/mol. The van der Waals surface area contributed by atoms with E-state index in [9.17, 15) is 0 Å². The Morgan fingerprint density at radius 3 is 2.78 bits per heavy atom. The minimum Gasteiger partial charge on any atom is -0.349 e. The third kappa shape index (κ3) is 3.00. The standard InChI is InChI=1S/C12H22N6/c1-12(2,3)10-15-9(16-17-10)8-14-11-13-6-5-7-18(11)4/h5-8H2,1-4H3,(H,13,14)(H,15,16,17). The molecule has 100 valence electrons. The zero-order valence-electron chi connectivity index (χ0n) is 11.6. The maximum atomic E-state index is 4.49. The van der Waals surface area contributed by atoms with Crippen molar-refractivity contribution in [3.63, 3.8) is 0 Å². The first kappa shape index (κ1) is 12.9. The van der Waals surface area contributed by atoms with Gasteiger partial charge >= 0.3 is 0 Å². The lowest BCUT2D eigenvalue weighted by atomic mass is 9.96. The predicted octanol–water partition coefficient (Wildman–Crippen LogP) is 0.883. The molecule has 1 aliphatic rings. The topological polar surface area (TPSA) is 69.2 Å². The van der Waals surface area contributed by atoms with Gasteiger partial charge in [0.2, 0.25) is 0 Å². The first-order valence-electron chi connectivity index (χ1n) is 6.38. The second-order valence-corrected chi connectivity index (χ2v) is 5.69. The summed E-state index contributed by atoms with van der Waals surface area (Å²) in [5, 5.41) is 10.5. The molecule has 0 spiro atoms. The molecule has 1 aromatic heterocycles. The summed E-state index contributed by atoms with van der Waals surface area (Å²) in [6.07, 6.45) is 1.12. The summed E-state index contributed by atoms with van der Waals surface area (Å²) in [6.45, 7) is 8.89. The lowest BCUT2D eigenvalue weighted by Gasteiger charge is -2.25. The SMILES string of the molecule is CN1CCCN=C1NCc1nc(C(C)(C)C)n[nH]1. The molecule has 0 unspecified atom stereocenters. The molecule has 0 aliphatic carbocycles. The van der Waals surface area contributed by atoms with E-state index in [1.54, 1.807) is 0 Å². The van der Waals surface area contributed by atoms with Gasteiger partial charge in [-0.1, -0.05) is 20.8 Å². The number of hydrogen-bond acceptors (Lipinski definition) is 5. The van der Waals surface area contributed by atoms with Gasteiger partial charge in [-0.2, -0.15) is 5.10 Å². The predicted molar refractivity (Wildman–Crippen MR) is 71.5 cm³/mol. The Bertz CT molecular complexity index is 428. The molecule has 0 amide bonds. The van der Waals surface area contributed by atoms with E-state index in [2.05, 4.69) is 51.2 Å². The molecule has 1 aliphatic heterocycles. The maximum absolute atomic E-state index is 4.49. The number of aliphatic imine (C=N–C) groups is 1. The summed E-state index contributed by atoms with van der Waals surface area (Å²) in [5.74, 6) is 2.63. The largest absolute Gasteiger partial charge is 0.349 e. The van der Waals surface area contributed by atoms with E-state index in [0.717, 1.165) is 37.1 Å². The molecule has 0 bridgehead atoms. The summed E-state index contributed by atoms with van der Waals surface area (Å²) >= 11 is 0. The van der Waals surface area contributed by atoms with Gasteiger partial charge in [0.05, 0.1) is 6.54 Å². The fraction of sp³-hybridized carbons (Fsp3) is 0.750. The van der Waals surface area contributed by atoms with E-state index >= 15 is 0 Å². The summed E-state index contributed by atoms with van der Waals surface area (Å²) in [6, 6.07) is 0. The second-order valence-electron chi connectivity index (χ2n) is 5.69. The molecule has 0 fully saturated rings. The van der Waals surface area contributed by atoms with Crippen molar-refractivity contribution in [3.8, 4) is 0 Å². The highest BCUT2D eigenvalue weighted by Gasteiger charge is 2.19. The Morgan fingerprint density at radius 1 is 1.39 bits per heavy atom. The third-order valence-electron chi connectivity index (χ3n) is 2.89. The molecule has 2 rings (SSSR count). The first-order valence-corrected chi connectivity index (χ1v) is 6.38. The van der Waals surface area contributed by atoms with Crippen LogP contribution in [-0.4, -0.2) is 46.2 Å². The highest BCUT2D eigenvalue weighted by atomic mass is 15.3. The van der Waals surface area contributed by atoms with Crippen LogP contribution >= 0.6 is 0 Å². The molecule has 18 heavy (non-hydrogen) atoms. The van der Waals surface area contributed by atoms with Crippen LogP contribution in [0.2, 0.25) is 0 Å². The number of guanidine groups is 1. The number of aromatic nitrogens is 3. The minimum atomic E-state index is -0.0199. The van der Waals surface area contributed by atoms with Crippen molar-refractivity contribution in [1.82, 2.24) is 25.4 Å². The van der Waals surface area contributed by atoms with Gasteiger partial charge in [-0.05, 0) is 6.42 Å². The van der Waals surface area contributed by atoms with Crippen LogP contribution in [-0.2, 0) is 12.0 Å². The van der Waals surface area contributed by atoms with Crippen molar-refractivity contribution < 1.29 is 0 Å². The summed E-state index contributed by atoms with van der Waals surface area (Å²) in [4.78, 5) is 11.1. The van der Waals surface area contributed by atoms with Gasteiger partial charge in [0, 0.05) is 25.6 Å². The fourth-order valence-electron chi connectivity index (χ4n) is 1.78. The summed E-state index contributed by atoms with van der Waals surface area (Å²) in [7, 11) is 2.05. The number of nitrogens with one attached hydrogen (secondary N) is 2. The van der Waals surface area contributed by atoms with Gasteiger partial charge in [0.1, 0.15) is 5.82 Å². The van der Waals surface area contributed by atoms with Crippen molar-refractivity contribution in [3.05, 3.63) is 11.6 Å². The Morgan fingerprint density at radius 2 is 2.17 bits per heavy atom. The molecule has 0 radical (unpaired) electrons. The fourth-order valence-corrected chi connectivity index (χ4v) is 1.78. The average Bonchev–Trinajstić information content (AvgIpc) is 2.76. The number of hydrogen-bond donors (Lipinski definition) is 2. The van der Waals surface area contributed by atoms with Gasteiger partial charge in [-0.15, -0.1) is 0 Å². The molecule has 0 saturated heterocycles. The van der Waals surface area contributed by atoms with Crippen molar-refractivity contribution in [2.24, 2.45) is 4.99 Å². The maximum Gasteiger partial charge on any atom is 0.194 e. The molecule has 6 heteroatoms. The van der Waals surface area contributed by atoms with Crippen LogP contribution in [0, 0.1) is 0 Å². The zero-order chi connectivity index (χ0) is 13.2. The van der Waals surface area contributed by atoms with E-state index in [-0.39, 0.29) is 5.41 Å². The van der Waals surface area contributed by atoms with Crippen molar-refractivity contribution in [1.29, 1.82) is 0 Å². The monoisotopic (exact) mass is 250 g/mol. The molecular formula is C12H22N6. The minimum absolute atomic E-state index is 0.0199. The average molecular weight is 250 g/mol. The van der Waals surface area contributed by atoms with E-state index in [1.807, 2.05) is 7.05 Å². The molecule has 0 atom stereocenters. The smallest absolute Gasteiger partial charge is 0.194 e. The van der Waals surface area contributed by atoms with E-state index in [1.165, 1.54) is 0 Å².